The van der Waals surface area contributed by atoms with Crippen LogP contribution in [0, 0.1) is 13.8 Å². The molecule has 1 fully saturated rings. The van der Waals surface area contributed by atoms with Gasteiger partial charge in [0.2, 0.25) is 5.91 Å². The van der Waals surface area contributed by atoms with Gasteiger partial charge < -0.3 is 10.2 Å². The molecule has 1 saturated carbocycles. The lowest BCUT2D eigenvalue weighted by Crippen LogP contribution is -2.40. The highest BCUT2D eigenvalue weighted by Gasteiger charge is 2.51. The number of carbonyl (C=O) groups is 1. The maximum absolute atomic E-state index is 13.0. The molecule has 2 aromatic carbocycles. The summed E-state index contributed by atoms with van der Waals surface area (Å²) in [4.78, 5) is 15.1. The van der Waals surface area contributed by atoms with Crippen molar-refractivity contribution in [2.24, 2.45) is 0 Å². The summed E-state index contributed by atoms with van der Waals surface area (Å²) in [5, 5.41) is 3.22. The Morgan fingerprint density at radius 3 is 2.20 bits per heavy atom. The van der Waals surface area contributed by atoms with Gasteiger partial charge in [-0.05, 0) is 51.9 Å². The van der Waals surface area contributed by atoms with Gasteiger partial charge in [0.25, 0.3) is 0 Å². The average molecular weight is 336 g/mol. The monoisotopic (exact) mass is 336 g/mol. The van der Waals surface area contributed by atoms with Crippen molar-refractivity contribution in [2.75, 3.05) is 20.6 Å². The third-order valence-electron chi connectivity index (χ3n) is 5.22. The van der Waals surface area contributed by atoms with E-state index in [9.17, 15) is 4.79 Å². The molecule has 0 bridgehead atoms. The summed E-state index contributed by atoms with van der Waals surface area (Å²) in [5.41, 5.74) is 4.53. The number of hydrogen-bond donors (Lipinski definition) is 1. The molecule has 3 heteroatoms. The first kappa shape index (κ1) is 17.7. The van der Waals surface area contributed by atoms with Crippen LogP contribution in [0.3, 0.4) is 0 Å². The molecule has 0 aliphatic heterocycles. The molecule has 3 rings (SSSR count). The van der Waals surface area contributed by atoms with Crippen molar-refractivity contribution in [3.8, 4) is 0 Å². The second-order valence-corrected chi connectivity index (χ2v) is 7.56. The number of benzene rings is 2. The van der Waals surface area contributed by atoms with Gasteiger partial charge in [-0.1, -0.05) is 59.7 Å². The van der Waals surface area contributed by atoms with Crippen LogP contribution in [0.4, 0.5) is 0 Å². The zero-order valence-corrected chi connectivity index (χ0v) is 15.7. The number of rotatable bonds is 6. The van der Waals surface area contributed by atoms with Crippen molar-refractivity contribution in [1.82, 2.24) is 10.2 Å². The van der Waals surface area contributed by atoms with Gasteiger partial charge in [0.1, 0.15) is 0 Å². The SMILES string of the molecule is Cc1cc(C)cc(C2(C(=O)NCC(c3ccccc3)N(C)C)CC2)c1. The molecule has 132 valence electrons. The van der Waals surface area contributed by atoms with Crippen molar-refractivity contribution < 1.29 is 4.79 Å². The first-order valence-electron chi connectivity index (χ1n) is 9.01. The summed E-state index contributed by atoms with van der Waals surface area (Å²) in [7, 11) is 4.11. The Labute approximate surface area is 151 Å². The number of likely N-dealkylation sites (N-methyl/N-ethyl adjacent to an activating group) is 1. The van der Waals surface area contributed by atoms with Crippen LogP contribution in [0.15, 0.2) is 48.5 Å². The molecule has 1 N–H and O–H groups in total. The zero-order valence-electron chi connectivity index (χ0n) is 15.7. The van der Waals surface area contributed by atoms with Crippen LogP contribution in [-0.4, -0.2) is 31.4 Å². The van der Waals surface area contributed by atoms with Crippen LogP contribution in [0.1, 0.15) is 41.1 Å². The quantitative estimate of drug-likeness (QED) is 0.871. The Kier molecular flexibility index (Phi) is 4.96. The second-order valence-electron chi connectivity index (χ2n) is 7.56. The lowest BCUT2D eigenvalue weighted by atomic mass is 9.92. The lowest BCUT2D eigenvalue weighted by molar-refractivity contribution is -0.123. The minimum absolute atomic E-state index is 0.167. The summed E-state index contributed by atoms with van der Waals surface area (Å²) in [5.74, 6) is 0.167. The van der Waals surface area contributed by atoms with E-state index >= 15 is 0 Å². The Morgan fingerprint density at radius 1 is 1.08 bits per heavy atom. The van der Waals surface area contributed by atoms with Crippen molar-refractivity contribution in [2.45, 2.75) is 38.1 Å². The van der Waals surface area contributed by atoms with Crippen LogP contribution < -0.4 is 5.32 Å². The van der Waals surface area contributed by atoms with E-state index in [-0.39, 0.29) is 17.4 Å². The molecule has 1 unspecified atom stereocenters. The fourth-order valence-corrected chi connectivity index (χ4v) is 3.66. The van der Waals surface area contributed by atoms with Gasteiger partial charge in [0, 0.05) is 6.54 Å². The third-order valence-corrected chi connectivity index (χ3v) is 5.22. The van der Waals surface area contributed by atoms with Crippen molar-refractivity contribution in [3.63, 3.8) is 0 Å². The number of amides is 1. The van der Waals surface area contributed by atoms with Gasteiger partial charge in [-0.15, -0.1) is 0 Å². The lowest BCUT2D eigenvalue weighted by Gasteiger charge is -2.26. The predicted molar refractivity (Wildman–Crippen MR) is 103 cm³/mol. The number of hydrogen-bond acceptors (Lipinski definition) is 2. The van der Waals surface area contributed by atoms with E-state index in [0.29, 0.717) is 6.54 Å². The molecule has 1 amide bonds. The molecule has 0 saturated heterocycles. The van der Waals surface area contributed by atoms with Crippen LogP contribution in [-0.2, 0) is 10.2 Å². The third kappa shape index (κ3) is 3.77. The largest absolute Gasteiger partial charge is 0.353 e. The van der Waals surface area contributed by atoms with E-state index in [2.05, 4.69) is 68.5 Å². The van der Waals surface area contributed by atoms with E-state index in [1.807, 2.05) is 18.2 Å². The molecule has 0 radical (unpaired) electrons. The first-order chi connectivity index (χ1) is 11.9. The van der Waals surface area contributed by atoms with E-state index in [1.54, 1.807) is 0 Å². The summed E-state index contributed by atoms with van der Waals surface area (Å²) in [6, 6.07) is 17.0. The molecule has 1 aliphatic carbocycles. The van der Waals surface area contributed by atoms with E-state index in [0.717, 1.165) is 12.8 Å². The zero-order chi connectivity index (χ0) is 18.0. The number of nitrogens with zero attached hydrogens (tertiary/aromatic N) is 1. The summed E-state index contributed by atoms with van der Waals surface area (Å²) >= 11 is 0. The van der Waals surface area contributed by atoms with Crippen LogP contribution >= 0.6 is 0 Å². The maximum atomic E-state index is 13.0. The van der Waals surface area contributed by atoms with E-state index in [1.165, 1.54) is 22.3 Å². The Balaban J connectivity index is 1.73. The summed E-state index contributed by atoms with van der Waals surface area (Å²) in [6.07, 6.45) is 1.89. The van der Waals surface area contributed by atoms with E-state index < -0.39 is 0 Å². The van der Waals surface area contributed by atoms with Crippen molar-refractivity contribution in [3.05, 3.63) is 70.8 Å². The molecule has 0 aromatic heterocycles. The van der Waals surface area contributed by atoms with Gasteiger partial charge >= 0.3 is 0 Å². The minimum atomic E-state index is -0.315. The Morgan fingerprint density at radius 2 is 1.68 bits per heavy atom. The molecular weight excluding hydrogens is 308 g/mol. The molecular formula is C22H28N2O. The molecule has 1 aliphatic rings. The molecule has 2 aromatic rings. The van der Waals surface area contributed by atoms with Gasteiger partial charge in [-0.2, -0.15) is 0 Å². The number of nitrogens with one attached hydrogen (secondary N) is 1. The maximum Gasteiger partial charge on any atom is 0.230 e. The fraction of sp³-hybridized carbons (Fsp3) is 0.409. The second kappa shape index (κ2) is 7.01. The van der Waals surface area contributed by atoms with E-state index in [4.69, 9.17) is 0 Å². The molecule has 25 heavy (non-hydrogen) atoms. The van der Waals surface area contributed by atoms with Crippen molar-refractivity contribution in [1.29, 1.82) is 0 Å². The van der Waals surface area contributed by atoms with Crippen molar-refractivity contribution >= 4 is 5.91 Å². The number of aryl methyl sites for hydroxylation is 2. The smallest absolute Gasteiger partial charge is 0.230 e. The molecule has 1 atom stereocenters. The summed E-state index contributed by atoms with van der Waals surface area (Å²) < 4.78 is 0. The fourth-order valence-electron chi connectivity index (χ4n) is 3.66. The van der Waals surface area contributed by atoms with Gasteiger partial charge in [0.05, 0.1) is 11.5 Å². The first-order valence-corrected chi connectivity index (χ1v) is 9.01. The average Bonchev–Trinajstić information content (AvgIpc) is 3.36. The predicted octanol–water partition coefficient (Wildman–Crippen LogP) is 3.75. The molecule has 0 heterocycles. The normalized spacial score (nSPS) is 16.5. The standard InChI is InChI=1S/C22H28N2O/c1-16-12-17(2)14-19(13-16)22(10-11-22)21(25)23-15-20(24(3)4)18-8-6-5-7-9-18/h5-9,12-14,20H,10-11,15H2,1-4H3,(H,23,25). The van der Waals surface area contributed by atoms with Gasteiger partial charge in [-0.3, -0.25) is 4.79 Å². The van der Waals surface area contributed by atoms with Crippen LogP contribution in [0.2, 0.25) is 0 Å². The topological polar surface area (TPSA) is 32.3 Å². The number of carbonyl (C=O) groups excluding carboxylic acids is 1. The summed E-state index contributed by atoms with van der Waals surface area (Å²) in [6.45, 7) is 4.83. The van der Waals surface area contributed by atoms with Crippen LogP contribution in [0.5, 0.6) is 0 Å². The van der Waals surface area contributed by atoms with Gasteiger partial charge in [-0.25, -0.2) is 0 Å². The van der Waals surface area contributed by atoms with Crippen LogP contribution in [0.25, 0.3) is 0 Å². The highest BCUT2D eigenvalue weighted by Crippen LogP contribution is 2.48. The molecule has 3 nitrogen and oxygen atoms in total. The van der Waals surface area contributed by atoms with Gasteiger partial charge in [0.15, 0.2) is 0 Å². The Hall–Kier alpha value is -2.13. The minimum Gasteiger partial charge on any atom is -0.353 e. The molecule has 0 spiro atoms. The Bertz CT molecular complexity index is 728. The highest BCUT2D eigenvalue weighted by molar-refractivity contribution is 5.91. The highest BCUT2D eigenvalue weighted by atomic mass is 16.2.